The molecule has 0 N–H and O–H groups in total. The SMILES string of the molecule is CCOOP(=O)(OOCC)C(Br)C(=O)OCC. The van der Waals surface area contributed by atoms with Crippen molar-refractivity contribution in [1.82, 2.24) is 0 Å². The Morgan fingerprint density at radius 1 is 1.12 bits per heavy atom. The minimum atomic E-state index is -3.93. The predicted molar refractivity (Wildman–Crippen MR) is 62.4 cm³/mol. The summed E-state index contributed by atoms with van der Waals surface area (Å²) in [4.78, 5) is 20.5. The highest BCUT2D eigenvalue weighted by Gasteiger charge is 2.43. The Kier molecular flexibility index (Phi) is 9.03. The van der Waals surface area contributed by atoms with Gasteiger partial charge in [-0.3, -0.25) is 9.36 Å². The number of halogens is 1. The van der Waals surface area contributed by atoms with Crippen molar-refractivity contribution in [3.63, 3.8) is 0 Å². The van der Waals surface area contributed by atoms with Crippen molar-refractivity contribution in [3.05, 3.63) is 0 Å². The number of carbonyl (C=O) groups is 1. The summed E-state index contributed by atoms with van der Waals surface area (Å²) in [5.41, 5.74) is 0. The zero-order valence-corrected chi connectivity index (χ0v) is 12.4. The van der Waals surface area contributed by atoms with Crippen molar-refractivity contribution in [2.24, 2.45) is 0 Å². The zero-order valence-electron chi connectivity index (χ0n) is 9.88. The van der Waals surface area contributed by atoms with Gasteiger partial charge in [0.15, 0.2) is 0 Å². The van der Waals surface area contributed by atoms with E-state index in [1.54, 1.807) is 20.8 Å². The van der Waals surface area contributed by atoms with Gasteiger partial charge in [-0.2, -0.15) is 0 Å². The average Bonchev–Trinajstić information content (AvgIpc) is 2.33. The van der Waals surface area contributed by atoms with Crippen molar-refractivity contribution in [2.75, 3.05) is 19.8 Å². The summed E-state index contributed by atoms with van der Waals surface area (Å²) >= 11 is 2.88. The monoisotopic (exact) mass is 334 g/mol. The normalized spacial score (nSPS) is 13.4. The molecule has 0 rings (SSSR count). The van der Waals surface area contributed by atoms with Crippen LogP contribution >= 0.6 is 23.5 Å². The third kappa shape index (κ3) is 5.94. The van der Waals surface area contributed by atoms with E-state index in [4.69, 9.17) is 0 Å². The van der Waals surface area contributed by atoms with Gasteiger partial charge < -0.3 is 4.74 Å². The standard InChI is InChI=1S/C8H16BrO7P/c1-4-12-8(10)7(9)17(11,15-13-5-2)16-14-6-3/h7H,4-6H2,1-3H3. The molecule has 102 valence electrons. The minimum Gasteiger partial charge on any atom is -0.465 e. The Morgan fingerprint density at radius 2 is 1.59 bits per heavy atom. The van der Waals surface area contributed by atoms with E-state index in [1.165, 1.54) is 0 Å². The summed E-state index contributed by atoms with van der Waals surface area (Å²) in [5, 5.41) is 0. The second kappa shape index (κ2) is 9.02. The van der Waals surface area contributed by atoms with E-state index < -0.39 is 18.1 Å². The molecule has 0 aromatic heterocycles. The molecule has 0 aliphatic rings. The summed E-state index contributed by atoms with van der Waals surface area (Å²) in [6, 6.07) is 0. The van der Waals surface area contributed by atoms with E-state index in [2.05, 4.69) is 39.8 Å². The first kappa shape index (κ1) is 17.0. The Bertz CT molecular complexity index is 261. The van der Waals surface area contributed by atoms with E-state index in [0.29, 0.717) is 0 Å². The zero-order chi connectivity index (χ0) is 13.3. The van der Waals surface area contributed by atoms with Gasteiger partial charge in [0.2, 0.25) is 4.57 Å². The van der Waals surface area contributed by atoms with Gasteiger partial charge in [0.25, 0.3) is 0 Å². The van der Waals surface area contributed by atoms with Crippen molar-refractivity contribution in [2.45, 2.75) is 25.3 Å². The summed E-state index contributed by atoms with van der Waals surface area (Å²) in [5.74, 6) is -0.782. The van der Waals surface area contributed by atoms with Crippen LogP contribution in [0.15, 0.2) is 0 Å². The maximum Gasteiger partial charge on any atom is 0.408 e. The molecular formula is C8H16BrO7P. The van der Waals surface area contributed by atoms with Gasteiger partial charge in [-0.15, -0.1) is 9.35 Å². The highest BCUT2D eigenvalue weighted by Crippen LogP contribution is 2.56. The molecule has 17 heavy (non-hydrogen) atoms. The van der Waals surface area contributed by atoms with Crippen LogP contribution in [0.25, 0.3) is 0 Å². The summed E-state index contributed by atoms with van der Waals surface area (Å²) in [6.07, 6.45) is 0. The fraction of sp³-hybridized carbons (Fsp3) is 0.875. The maximum absolute atomic E-state index is 12.1. The number of esters is 1. The van der Waals surface area contributed by atoms with Gasteiger partial charge in [-0.05, 0) is 20.8 Å². The van der Waals surface area contributed by atoms with E-state index in [-0.39, 0.29) is 19.8 Å². The Labute approximate surface area is 108 Å². The largest absolute Gasteiger partial charge is 0.465 e. The van der Waals surface area contributed by atoms with Crippen LogP contribution < -0.4 is 0 Å². The molecule has 9 heteroatoms. The molecular weight excluding hydrogens is 319 g/mol. The average molecular weight is 335 g/mol. The highest BCUT2D eigenvalue weighted by molar-refractivity contribution is 9.11. The van der Waals surface area contributed by atoms with E-state index in [0.717, 1.165) is 0 Å². The molecule has 1 unspecified atom stereocenters. The lowest BCUT2D eigenvalue weighted by molar-refractivity contribution is -0.263. The molecule has 0 saturated carbocycles. The van der Waals surface area contributed by atoms with Crippen LogP contribution in [0.1, 0.15) is 20.8 Å². The van der Waals surface area contributed by atoms with Crippen LogP contribution in [0.3, 0.4) is 0 Å². The van der Waals surface area contributed by atoms with Gasteiger partial charge in [0.1, 0.15) is 0 Å². The third-order valence-corrected chi connectivity index (χ3v) is 4.58. The van der Waals surface area contributed by atoms with Crippen LogP contribution in [0.4, 0.5) is 0 Å². The molecule has 0 aliphatic carbocycles. The number of ether oxygens (including phenoxy) is 1. The first-order valence-corrected chi connectivity index (χ1v) is 7.57. The molecule has 0 heterocycles. The summed E-state index contributed by atoms with van der Waals surface area (Å²) < 4.78 is 24.6. The predicted octanol–water partition coefficient (Wildman–Crippen LogP) is 2.40. The van der Waals surface area contributed by atoms with Crippen molar-refractivity contribution in [3.8, 4) is 0 Å². The molecule has 0 aromatic carbocycles. The van der Waals surface area contributed by atoms with Gasteiger partial charge in [0.05, 0.1) is 19.8 Å². The molecule has 1 atom stereocenters. The Balaban J connectivity index is 4.64. The Hall–Kier alpha value is 0.0200. The lowest BCUT2D eigenvalue weighted by atomic mass is 10.8. The lowest BCUT2D eigenvalue weighted by Gasteiger charge is -2.18. The van der Waals surface area contributed by atoms with Crippen LogP contribution in [0.5, 0.6) is 0 Å². The summed E-state index contributed by atoms with van der Waals surface area (Å²) in [7, 11) is -3.93. The molecule has 0 saturated heterocycles. The van der Waals surface area contributed by atoms with Crippen LogP contribution in [-0.2, 0) is 33.2 Å². The molecule has 0 fully saturated rings. The molecule has 0 radical (unpaired) electrons. The summed E-state index contributed by atoms with van der Waals surface area (Å²) in [6.45, 7) is 5.29. The smallest absolute Gasteiger partial charge is 0.408 e. The van der Waals surface area contributed by atoms with Crippen LogP contribution in [0, 0.1) is 0 Å². The number of hydrogen-bond donors (Lipinski definition) is 0. The van der Waals surface area contributed by atoms with E-state index in [1.807, 2.05) is 0 Å². The topological polar surface area (TPSA) is 80.3 Å². The van der Waals surface area contributed by atoms with Crippen LogP contribution in [-0.4, -0.2) is 30.4 Å². The molecule has 0 spiro atoms. The fourth-order valence-corrected chi connectivity index (χ4v) is 2.24. The molecule has 0 aliphatic heterocycles. The van der Waals surface area contributed by atoms with E-state index in [9.17, 15) is 9.36 Å². The van der Waals surface area contributed by atoms with Gasteiger partial charge >= 0.3 is 13.6 Å². The highest BCUT2D eigenvalue weighted by atomic mass is 79.9. The molecule has 7 nitrogen and oxygen atoms in total. The molecule has 0 bridgehead atoms. The van der Waals surface area contributed by atoms with Crippen molar-refractivity contribution < 1.29 is 33.2 Å². The quantitative estimate of drug-likeness (QED) is 0.210. The molecule has 0 aromatic rings. The third-order valence-electron chi connectivity index (χ3n) is 1.31. The van der Waals surface area contributed by atoms with Crippen molar-refractivity contribution >= 4 is 29.5 Å². The van der Waals surface area contributed by atoms with Gasteiger partial charge in [0, 0.05) is 0 Å². The first-order valence-electron chi connectivity index (χ1n) is 5.04. The van der Waals surface area contributed by atoms with E-state index >= 15 is 0 Å². The second-order valence-corrected chi connectivity index (χ2v) is 6.11. The number of alkyl halides is 1. The molecule has 0 amide bonds. The van der Waals surface area contributed by atoms with Crippen LogP contribution in [0.2, 0.25) is 0 Å². The maximum atomic E-state index is 12.1. The fourth-order valence-electron chi connectivity index (χ4n) is 0.680. The first-order chi connectivity index (χ1) is 8.01. The van der Waals surface area contributed by atoms with Crippen molar-refractivity contribution in [1.29, 1.82) is 0 Å². The number of hydrogen-bond acceptors (Lipinski definition) is 7. The second-order valence-electron chi connectivity index (χ2n) is 2.59. The minimum absolute atomic E-state index is 0.141. The van der Waals surface area contributed by atoms with Gasteiger partial charge in [-0.25, -0.2) is 9.78 Å². The Morgan fingerprint density at radius 3 is 1.94 bits per heavy atom. The van der Waals surface area contributed by atoms with Gasteiger partial charge in [-0.1, -0.05) is 15.9 Å². The number of carbonyl (C=O) groups excluding carboxylic acids is 1. The lowest BCUT2D eigenvalue weighted by Crippen LogP contribution is -2.20. The number of rotatable bonds is 9.